The normalized spacial score (nSPS) is 11.7. The number of nitrogens with zero attached hydrogens (tertiary/aromatic N) is 2. The first kappa shape index (κ1) is 14.6. The van der Waals surface area contributed by atoms with Gasteiger partial charge in [-0.05, 0) is 51.5 Å². The van der Waals surface area contributed by atoms with Crippen molar-refractivity contribution < 1.29 is 4.39 Å². The first-order chi connectivity index (χ1) is 9.33. The number of hydrogen-bond donors (Lipinski definition) is 1. The first-order valence-electron chi connectivity index (χ1n) is 6.67. The number of aryl methyl sites for hydroxylation is 1. The third-order valence-electron chi connectivity index (χ3n) is 2.83. The second-order valence-corrected chi connectivity index (χ2v) is 6.04. The summed E-state index contributed by atoms with van der Waals surface area (Å²) in [7, 11) is 0. The second kappa shape index (κ2) is 5.67. The van der Waals surface area contributed by atoms with Crippen LogP contribution in [0.1, 0.15) is 31.9 Å². The van der Waals surface area contributed by atoms with E-state index in [-0.39, 0.29) is 11.4 Å². The molecular weight excluding hydrogens is 253 g/mol. The zero-order chi connectivity index (χ0) is 14.8. The summed E-state index contributed by atoms with van der Waals surface area (Å²) in [4.78, 5) is 8.63. The molecule has 1 aromatic heterocycles. The molecule has 3 nitrogen and oxygen atoms in total. The number of halogens is 1. The Bertz CT molecular complexity index is 565. The van der Waals surface area contributed by atoms with Crippen LogP contribution in [0.15, 0.2) is 30.6 Å². The molecule has 2 aromatic rings. The maximum absolute atomic E-state index is 13.4. The van der Waals surface area contributed by atoms with E-state index in [4.69, 9.17) is 0 Å². The van der Waals surface area contributed by atoms with Crippen LogP contribution in [0.5, 0.6) is 0 Å². The zero-order valence-electron chi connectivity index (χ0n) is 12.4. The Labute approximate surface area is 119 Å². The molecule has 0 saturated heterocycles. The fraction of sp³-hybridized carbons (Fsp3) is 0.375. The highest BCUT2D eigenvalue weighted by molar-refractivity contribution is 5.55. The maximum Gasteiger partial charge on any atom is 0.159 e. The van der Waals surface area contributed by atoms with Gasteiger partial charge in [-0.15, -0.1) is 0 Å². The largest absolute Gasteiger partial charge is 0.308 e. The maximum atomic E-state index is 13.4. The highest BCUT2D eigenvalue weighted by Gasteiger charge is 2.09. The molecule has 1 aromatic carbocycles. The lowest BCUT2D eigenvalue weighted by atomic mass is 10.1. The third-order valence-corrected chi connectivity index (χ3v) is 2.83. The van der Waals surface area contributed by atoms with Crippen molar-refractivity contribution >= 4 is 0 Å². The summed E-state index contributed by atoms with van der Waals surface area (Å²) in [5, 5.41) is 3.38. The Balaban J connectivity index is 2.15. The van der Waals surface area contributed by atoms with Crippen LogP contribution in [-0.4, -0.2) is 15.5 Å². The van der Waals surface area contributed by atoms with E-state index in [1.807, 2.05) is 13.0 Å². The summed E-state index contributed by atoms with van der Waals surface area (Å²) in [6.45, 7) is 8.90. The summed E-state index contributed by atoms with van der Waals surface area (Å²) in [5.74, 6) is 0.286. The lowest BCUT2D eigenvalue weighted by Gasteiger charge is -2.20. The third kappa shape index (κ3) is 4.10. The minimum absolute atomic E-state index is 0.0539. The van der Waals surface area contributed by atoms with Gasteiger partial charge in [-0.1, -0.05) is 0 Å². The summed E-state index contributed by atoms with van der Waals surface area (Å²) in [5.41, 5.74) is 2.63. The highest BCUT2D eigenvalue weighted by atomic mass is 19.1. The Kier molecular flexibility index (Phi) is 4.14. The van der Waals surface area contributed by atoms with Crippen LogP contribution in [0.2, 0.25) is 0 Å². The van der Waals surface area contributed by atoms with Crippen molar-refractivity contribution in [2.24, 2.45) is 0 Å². The second-order valence-electron chi connectivity index (χ2n) is 6.04. The molecule has 0 aliphatic heterocycles. The van der Waals surface area contributed by atoms with E-state index in [0.29, 0.717) is 17.9 Å². The lowest BCUT2D eigenvalue weighted by Crippen LogP contribution is -2.35. The topological polar surface area (TPSA) is 37.8 Å². The van der Waals surface area contributed by atoms with Crippen molar-refractivity contribution in [3.8, 4) is 11.4 Å². The summed E-state index contributed by atoms with van der Waals surface area (Å²) < 4.78 is 13.4. The minimum atomic E-state index is -0.262. The molecular formula is C16H20FN3. The zero-order valence-corrected chi connectivity index (χ0v) is 12.4. The minimum Gasteiger partial charge on any atom is -0.308 e. The van der Waals surface area contributed by atoms with Gasteiger partial charge in [0.25, 0.3) is 0 Å². The number of nitrogens with one attached hydrogen (secondary N) is 1. The van der Waals surface area contributed by atoms with E-state index in [1.54, 1.807) is 12.4 Å². The summed E-state index contributed by atoms with van der Waals surface area (Å²) in [6.07, 6.45) is 3.56. The molecule has 0 spiro atoms. The van der Waals surface area contributed by atoms with Gasteiger partial charge in [0.1, 0.15) is 5.82 Å². The van der Waals surface area contributed by atoms with Crippen LogP contribution in [0.25, 0.3) is 11.4 Å². The van der Waals surface area contributed by atoms with Crippen molar-refractivity contribution in [1.82, 2.24) is 15.3 Å². The molecule has 0 radical (unpaired) electrons. The predicted octanol–water partition coefficient (Wildman–Crippen LogP) is 3.48. The molecule has 2 rings (SSSR count). The molecule has 0 amide bonds. The van der Waals surface area contributed by atoms with E-state index >= 15 is 0 Å². The Morgan fingerprint density at radius 3 is 2.30 bits per heavy atom. The van der Waals surface area contributed by atoms with Crippen molar-refractivity contribution in [3.63, 3.8) is 0 Å². The Morgan fingerprint density at radius 1 is 1.10 bits per heavy atom. The average Bonchev–Trinajstić information content (AvgIpc) is 2.35. The molecule has 4 heteroatoms. The monoisotopic (exact) mass is 273 g/mol. The molecule has 0 atom stereocenters. The van der Waals surface area contributed by atoms with Gasteiger partial charge in [-0.25, -0.2) is 14.4 Å². The van der Waals surface area contributed by atoms with E-state index in [1.165, 1.54) is 12.1 Å². The SMILES string of the molecule is Cc1cc(F)cc(-c2ncc(CNC(C)(C)C)cn2)c1. The molecule has 0 unspecified atom stereocenters. The van der Waals surface area contributed by atoms with E-state index in [0.717, 1.165) is 11.1 Å². The van der Waals surface area contributed by atoms with E-state index < -0.39 is 0 Å². The highest BCUT2D eigenvalue weighted by Crippen LogP contribution is 2.18. The van der Waals surface area contributed by atoms with Crippen molar-refractivity contribution in [2.75, 3.05) is 0 Å². The van der Waals surface area contributed by atoms with Gasteiger partial charge in [0, 0.05) is 35.6 Å². The Morgan fingerprint density at radius 2 is 1.75 bits per heavy atom. The molecule has 0 bridgehead atoms. The summed E-state index contributed by atoms with van der Waals surface area (Å²) in [6, 6.07) is 4.83. The van der Waals surface area contributed by atoms with Gasteiger partial charge in [0.2, 0.25) is 0 Å². The standard InChI is InChI=1S/C16H20FN3/c1-11-5-13(7-14(17)6-11)15-18-8-12(9-19-15)10-20-16(2,3)4/h5-9,20H,10H2,1-4H3. The Hall–Kier alpha value is -1.81. The molecule has 0 aliphatic carbocycles. The number of rotatable bonds is 3. The smallest absolute Gasteiger partial charge is 0.159 e. The molecule has 1 N–H and O–H groups in total. The van der Waals surface area contributed by atoms with Crippen LogP contribution in [-0.2, 0) is 6.54 Å². The molecule has 0 fully saturated rings. The van der Waals surface area contributed by atoms with Crippen LogP contribution >= 0.6 is 0 Å². The van der Waals surface area contributed by atoms with Crippen LogP contribution in [0, 0.1) is 12.7 Å². The molecule has 0 saturated carbocycles. The van der Waals surface area contributed by atoms with Gasteiger partial charge in [-0.3, -0.25) is 0 Å². The molecule has 20 heavy (non-hydrogen) atoms. The van der Waals surface area contributed by atoms with Crippen LogP contribution in [0.4, 0.5) is 4.39 Å². The fourth-order valence-corrected chi connectivity index (χ4v) is 1.83. The van der Waals surface area contributed by atoms with Gasteiger partial charge in [0.15, 0.2) is 5.82 Å². The molecule has 1 heterocycles. The van der Waals surface area contributed by atoms with Crippen molar-refractivity contribution in [2.45, 2.75) is 39.8 Å². The lowest BCUT2D eigenvalue weighted by molar-refractivity contribution is 0.423. The van der Waals surface area contributed by atoms with Gasteiger partial charge in [0.05, 0.1) is 0 Å². The number of hydrogen-bond acceptors (Lipinski definition) is 3. The number of benzene rings is 1. The quantitative estimate of drug-likeness (QED) is 0.930. The molecule has 106 valence electrons. The number of aromatic nitrogens is 2. The van der Waals surface area contributed by atoms with Gasteiger partial charge < -0.3 is 5.32 Å². The fourth-order valence-electron chi connectivity index (χ4n) is 1.83. The van der Waals surface area contributed by atoms with Gasteiger partial charge >= 0.3 is 0 Å². The average molecular weight is 273 g/mol. The van der Waals surface area contributed by atoms with Crippen molar-refractivity contribution in [3.05, 3.63) is 47.5 Å². The van der Waals surface area contributed by atoms with E-state index in [9.17, 15) is 4.39 Å². The van der Waals surface area contributed by atoms with Crippen molar-refractivity contribution in [1.29, 1.82) is 0 Å². The predicted molar refractivity (Wildman–Crippen MR) is 78.8 cm³/mol. The van der Waals surface area contributed by atoms with Crippen LogP contribution < -0.4 is 5.32 Å². The molecule has 0 aliphatic rings. The van der Waals surface area contributed by atoms with E-state index in [2.05, 4.69) is 36.1 Å². The van der Waals surface area contributed by atoms with Crippen LogP contribution in [0.3, 0.4) is 0 Å². The van der Waals surface area contributed by atoms with Gasteiger partial charge in [-0.2, -0.15) is 0 Å². The first-order valence-corrected chi connectivity index (χ1v) is 6.67. The summed E-state index contributed by atoms with van der Waals surface area (Å²) >= 11 is 0.